The fourth-order valence-corrected chi connectivity index (χ4v) is 1.37. The van der Waals surface area contributed by atoms with Crippen molar-refractivity contribution >= 4 is 5.97 Å². The van der Waals surface area contributed by atoms with Crippen molar-refractivity contribution in [2.75, 3.05) is 0 Å². The van der Waals surface area contributed by atoms with Crippen LogP contribution in [0.15, 0.2) is 24.3 Å². The molecule has 0 fully saturated rings. The lowest BCUT2D eigenvalue weighted by Gasteiger charge is -2.20. The largest absolute Gasteiger partial charge is 0.445 e. The molecule has 1 atom stereocenters. The molecule has 0 aliphatic heterocycles. The predicted octanol–water partition coefficient (Wildman–Crippen LogP) is 1.45. The van der Waals surface area contributed by atoms with Gasteiger partial charge < -0.3 is 10.5 Å². The van der Waals surface area contributed by atoms with E-state index in [4.69, 9.17) is 16.2 Å². The predicted molar refractivity (Wildman–Crippen MR) is 62.3 cm³/mol. The zero-order chi connectivity index (χ0) is 13.1. The summed E-state index contributed by atoms with van der Waals surface area (Å²) in [5, 5.41) is 0. The van der Waals surface area contributed by atoms with Gasteiger partial charge in [-0.25, -0.2) is 4.39 Å². The van der Waals surface area contributed by atoms with Crippen LogP contribution in [-0.4, -0.2) is 11.7 Å². The average molecular weight is 240 g/mol. The van der Waals surface area contributed by atoms with Crippen LogP contribution in [-0.2, 0) is 9.53 Å². The van der Waals surface area contributed by atoms with Crippen LogP contribution in [0.25, 0.3) is 0 Å². The Morgan fingerprint density at radius 3 is 2.71 bits per heavy atom. The van der Waals surface area contributed by atoms with Crippen molar-refractivity contribution in [3.8, 4) is 0 Å². The van der Waals surface area contributed by atoms with Crippen molar-refractivity contribution in [2.24, 2.45) is 11.5 Å². The van der Waals surface area contributed by atoms with Crippen LogP contribution in [0.2, 0.25) is 0 Å². The minimum absolute atomic E-state index is 0.0376. The molecular formula is C12H17FN2O2. The molecule has 0 saturated carbocycles. The number of rotatable bonds is 4. The smallest absolute Gasteiger partial charge is 0.309 e. The van der Waals surface area contributed by atoms with Gasteiger partial charge in [0.05, 0.1) is 6.42 Å². The number of carbonyl (C=O) groups is 1. The van der Waals surface area contributed by atoms with Crippen molar-refractivity contribution in [1.82, 2.24) is 0 Å². The fourth-order valence-electron chi connectivity index (χ4n) is 1.37. The van der Waals surface area contributed by atoms with E-state index in [9.17, 15) is 9.18 Å². The number of hydrogen-bond acceptors (Lipinski definition) is 4. The Morgan fingerprint density at radius 1 is 1.53 bits per heavy atom. The van der Waals surface area contributed by atoms with Crippen LogP contribution in [0.1, 0.15) is 31.9 Å². The van der Waals surface area contributed by atoms with Gasteiger partial charge >= 0.3 is 5.97 Å². The van der Waals surface area contributed by atoms with Gasteiger partial charge in [0.25, 0.3) is 0 Å². The van der Waals surface area contributed by atoms with Crippen molar-refractivity contribution in [2.45, 2.75) is 32.0 Å². The molecule has 0 unspecified atom stereocenters. The van der Waals surface area contributed by atoms with Gasteiger partial charge in [-0.15, -0.1) is 0 Å². The molecule has 1 aromatic rings. The highest BCUT2D eigenvalue weighted by atomic mass is 19.1. The van der Waals surface area contributed by atoms with Crippen LogP contribution in [0.3, 0.4) is 0 Å². The highest BCUT2D eigenvalue weighted by Gasteiger charge is 2.19. The Labute approximate surface area is 99.7 Å². The Balaban J connectivity index is 2.61. The Morgan fingerprint density at radius 2 is 2.18 bits per heavy atom. The second-order valence-electron chi connectivity index (χ2n) is 4.44. The summed E-state index contributed by atoms with van der Waals surface area (Å²) >= 11 is 0. The number of ether oxygens (including phenoxy) is 1. The first-order chi connectivity index (χ1) is 7.78. The molecule has 0 saturated heterocycles. The number of halogens is 1. The van der Waals surface area contributed by atoms with E-state index in [1.165, 1.54) is 12.1 Å². The summed E-state index contributed by atoms with van der Waals surface area (Å²) in [4.78, 5) is 11.5. The zero-order valence-corrected chi connectivity index (χ0v) is 9.94. The van der Waals surface area contributed by atoms with Gasteiger partial charge in [0, 0.05) is 6.04 Å². The molecule has 1 rings (SSSR count). The summed E-state index contributed by atoms with van der Waals surface area (Å²) in [7, 11) is 0. The molecule has 0 aromatic heterocycles. The lowest BCUT2D eigenvalue weighted by molar-refractivity contribution is -0.156. The van der Waals surface area contributed by atoms with Gasteiger partial charge in [-0.1, -0.05) is 12.1 Å². The Bertz CT molecular complexity index is 402. The molecule has 0 spiro atoms. The normalized spacial score (nSPS) is 13.2. The maximum absolute atomic E-state index is 12.9. The molecule has 1 aromatic carbocycles. The molecule has 4 nitrogen and oxygen atoms in total. The highest BCUT2D eigenvalue weighted by Crippen LogP contribution is 2.16. The monoisotopic (exact) mass is 240 g/mol. The molecule has 0 aliphatic rings. The SMILES string of the molecule is CC(C)(N)OC(=O)C[C@@H](N)c1cccc(F)c1. The lowest BCUT2D eigenvalue weighted by atomic mass is 10.0. The lowest BCUT2D eigenvalue weighted by Crippen LogP contribution is -2.38. The van der Waals surface area contributed by atoms with Crippen LogP contribution >= 0.6 is 0 Å². The number of carbonyl (C=O) groups excluding carboxylic acids is 1. The van der Waals surface area contributed by atoms with Crippen LogP contribution in [0.5, 0.6) is 0 Å². The summed E-state index contributed by atoms with van der Waals surface area (Å²) in [6.45, 7) is 3.14. The maximum Gasteiger partial charge on any atom is 0.309 e. The molecule has 0 heterocycles. The highest BCUT2D eigenvalue weighted by molar-refractivity contribution is 5.70. The number of nitrogens with two attached hydrogens (primary N) is 2. The first-order valence-electron chi connectivity index (χ1n) is 5.30. The topological polar surface area (TPSA) is 78.3 Å². The van der Waals surface area contributed by atoms with Crippen molar-refractivity contribution < 1.29 is 13.9 Å². The van der Waals surface area contributed by atoms with E-state index in [0.717, 1.165) is 0 Å². The molecule has 0 amide bonds. The van der Waals surface area contributed by atoms with E-state index < -0.39 is 17.7 Å². The number of benzene rings is 1. The van der Waals surface area contributed by atoms with E-state index in [1.807, 2.05) is 0 Å². The molecule has 0 radical (unpaired) electrons. The van der Waals surface area contributed by atoms with E-state index in [0.29, 0.717) is 5.56 Å². The maximum atomic E-state index is 12.9. The third-order valence-electron chi connectivity index (χ3n) is 2.04. The molecule has 17 heavy (non-hydrogen) atoms. The Hall–Kier alpha value is -1.46. The van der Waals surface area contributed by atoms with Gasteiger partial charge in [0.1, 0.15) is 5.82 Å². The summed E-state index contributed by atoms with van der Waals surface area (Å²) in [5.41, 5.74) is 10.8. The van der Waals surface area contributed by atoms with Gasteiger partial charge in [-0.3, -0.25) is 10.5 Å². The first-order valence-corrected chi connectivity index (χ1v) is 5.30. The summed E-state index contributed by atoms with van der Waals surface area (Å²) < 4.78 is 17.9. The van der Waals surface area contributed by atoms with Crippen molar-refractivity contribution in [1.29, 1.82) is 0 Å². The molecule has 0 bridgehead atoms. The standard InChI is InChI=1S/C12H17FN2O2/c1-12(2,15)17-11(16)7-10(14)8-4-3-5-9(13)6-8/h3-6,10H,7,14-15H2,1-2H3/t10-/m1/s1. The first kappa shape index (κ1) is 13.6. The minimum Gasteiger partial charge on any atom is -0.445 e. The molecule has 5 heteroatoms. The summed E-state index contributed by atoms with van der Waals surface area (Å²) in [6, 6.07) is 5.22. The Kier molecular flexibility index (Phi) is 4.20. The van der Waals surface area contributed by atoms with Crippen LogP contribution < -0.4 is 11.5 Å². The molecule has 0 aliphatic carbocycles. The van der Waals surface area contributed by atoms with E-state index in [-0.39, 0.29) is 12.2 Å². The van der Waals surface area contributed by atoms with Crippen molar-refractivity contribution in [3.05, 3.63) is 35.6 Å². The quantitative estimate of drug-likeness (QED) is 0.616. The third kappa shape index (κ3) is 4.93. The van der Waals surface area contributed by atoms with Gasteiger partial charge in [-0.05, 0) is 31.5 Å². The van der Waals surface area contributed by atoms with Crippen LogP contribution in [0, 0.1) is 5.82 Å². The molecule has 94 valence electrons. The van der Waals surface area contributed by atoms with Crippen molar-refractivity contribution in [3.63, 3.8) is 0 Å². The van der Waals surface area contributed by atoms with Gasteiger partial charge in [0.2, 0.25) is 0 Å². The number of esters is 1. The average Bonchev–Trinajstić information content (AvgIpc) is 2.14. The van der Waals surface area contributed by atoms with Gasteiger partial charge in [-0.2, -0.15) is 0 Å². The third-order valence-corrected chi connectivity index (χ3v) is 2.04. The second kappa shape index (κ2) is 5.25. The van der Waals surface area contributed by atoms with E-state index in [1.54, 1.807) is 26.0 Å². The van der Waals surface area contributed by atoms with Gasteiger partial charge in [0.15, 0.2) is 5.72 Å². The van der Waals surface area contributed by atoms with E-state index >= 15 is 0 Å². The minimum atomic E-state index is -1.03. The molecule has 4 N–H and O–H groups in total. The molecular weight excluding hydrogens is 223 g/mol. The van der Waals surface area contributed by atoms with E-state index in [2.05, 4.69) is 0 Å². The van der Waals surface area contributed by atoms with Crippen LogP contribution in [0.4, 0.5) is 4.39 Å². The fraction of sp³-hybridized carbons (Fsp3) is 0.417. The zero-order valence-electron chi connectivity index (χ0n) is 9.94. The summed E-state index contributed by atoms with van der Waals surface area (Å²) in [6.07, 6.45) is -0.0376. The summed E-state index contributed by atoms with van der Waals surface area (Å²) in [5.74, 6) is -0.889. The second-order valence-corrected chi connectivity index (χ2v) is 4.44. The number of hydrogen-bond donors (Lipinski definition) is 2.